The summed E-state index contributed by atoms with van der Waals surface area (Å²) in [6, 6.07) is 7.06. The molecule has 0 atom stereocenters. The molecule has 0 spiro atoms. The second-order valence-corrected chi connectivity index (χ2v) is 5.51. The topological polar surface area (TPSA) is 49.4 Å². The summed E-state index contributed by atoms with van der Waals surface area (Å²) in [7, 11) is 0. The molecule has 0 aliphatic carbocycles. The number of piperidine rings is 1. The number of likely N-dealkylation sites (tertiary alicyclic amines) is 1. The van der Waals surface area contributed by atoms with E-state index in [2.05, 4.69) is 17.9 Å². The third-order valence-corrected chi connectivity index (χ3v) is 3.72. The predicted octanol–water partition coefficient (Wildman–Crippen LogP) is 2.11. The number of carbonyl (C=O) groups excluding carboxylic acids is 2. The van der Waals surface area contributed by atoms with Crippen LogP contribution in [0, 0.1) is 0 Å². The van der Waals surface area contributed by atoms with Crippen LogP contribution in [0.5, 0.6) is 0 Å². The average molecular weight is 292 g/mol. The molecule has 0 saturated carbocycles. The van der Waals surface area contributed by atoms with Crippen LogP contribution in [0.15, 0.2) is 29.2 Å². The molecule has 0 aromatic heterocycles. The van der Waals surface area contributed by atoms with Gasteiger partial charge >= 0.3 is 0 Å². The van der Waals surface area contributed by atoms with Gasteiger partial charge in [-0.05, 0) is 37.5 Å². The summed E-state index contributed by atoms with van der Waals surface area (Å²) in [5, 5.41) is 2.78. The smallest absolute Gasteiger partial charge is 0.251 e. The maximum atomic E-state index is 11.9. The molecule has 2 amide bonds. The minimum atomic E-state index is -0.160. The molecule has 0 radical (unpaired) electrons. The molecule has 108 valence electrons. The Bertz CT molecular complexity index is 485. The molecule has 4 nitrogen and oxygen atoms in total. The van der Waals surface area contributed by atoms with Gasteiger partial charge in [-0.15, -0.1) is 12.6 Å². The van der Waals surface area contributed by atoms with E-state index >= 15 is 0 Å². The number of hydrogen-bond acceptors (Lipinski definition) is 3. The molecule has 0 bridgehead atoms. The number of thiol groups is 1. The average Bonchev–Trinajstić information content (AvgIpc) is 2.48. The highest BCUT2D eigenvalue weighted by Gasteiger charge is 2.16. The van der Waals surface area contributed by atoms with Crippen LogP contribution in [0.25, 0.3) is 0 Å². The van der Waals surface area contributed by atoms with Gasteiger partial charge in [0.1, 0.15) is 0 Å². The largest absolute Gasteiger partial charge is 0.352 e. The molecule has 0 unspecified atom stereocenters. The van der Waals surface area contributed by atoms with Crippen molar-refractivity contribution >= 4 is 24.4 Å². The van der Waals surface area contributed by atoms with Gasteiger partial charge in [-0.3, -0.25) is 9.59 Å². The summed E-state index contributed by atoms with van der Waals surface area (Å²) in [6.07, 6.45) is 3.76. The molecular formula is C15H20N2O2S. The Hall–Kier alpha value is -1.49. The van der Waals surface area contributed by atoms with Crippen molar-refractivity contribution in [1.29, 1.82) is 0 Å². The van der Waals surface area contributed by atoms with Crippen molar-refractivity contribution in [3.05, 3.63) is 29.8 Å². The highest BCUT2D eigenvalue weighted by Crippen LogP contribution is 2.10. The van der Waals surface area contributed by atoms with E-state index in [0.717, 1.165) is 30.8 Å². The quantitative estimate of drug-likeness (QED) is 0.835. The Morgan fingerprint density at radius 1 is 1.20 bits per heavy atom. The molecule has 1 heterocycles. The molecule has 2 rings (SSSR count). The van der Waals surface area contributed by atoms with Crippen molar-refractivity contribution in [2.75, 3.05) is 19.6 Å². The van der Waals surface area contributed by atoms with E-state index in [-0.39, 0.29) is 11.8 Å². The second-order valence-electron chi connectivity index (χ2n) is 5.00. The Balaban J connectivity index is 1.75. The number of carbonyl (C=O) groups is 2. The summed E-state index contributed by atoms with van der Waals surface area (Å²) in [5.41, 5.74) is 0.572. The van der Waals surface area contributed by atoms with E-state index in [1.165, 1.54) is 6.42 Å². The number of nitrogens with zero attached hydrogens (tertiary/aromatic N) is 1. The van der Waals surface area contributed by atoms with Crippen molar-refractivity contribution in [2.24, 2.45) is 0 Å². The zero-order valence-corrected chi connectivity index (χ0v) is 12.4. The third-order valence-electron chi connectivity index (χ3n) is 3.44. The Kier molecular flexibility index (Phi) is 5.47. The lowest BCUT2D eigenvalue weighted by Crippen LogP contribution is -2.37. The van der Waals surface area contributed by atoms with E-state index in [0.29, 0.717) is 18.5 Å². The monoisotopic (exact) mass is 292 g/mol. The standard InChI is InChI=1S/C15H20N2O2S/c18-14(17-9-2-1-3-10-17)7-8-16-15(19)12-5-4-6-13(20)11-12/h4-6,11,20H,1-3,7-10H2,(H,16,19). The highest BCUT2D eigenvalue weighted by molar-refractivity contribution is 7.80. The fourth-order valence-electron chi connectivity index (χ4n) is 2.33. The van der Waals surface area contributed by atoms with E-state index in [1.54, 1.807) is 18.2 Å². The summed E-state index contributed by atoms with van der Waals surface area (Å²) < 4.78 is 0. The number of nitrogens with one attached hydrogen (secondary N) is 1. The summed E-state index contributed by atoms with van der Waals surface area (Å²) in [6.45, 7) is 2.09. The van der Waals surface area contributed by atoms with Crippen molar-refractivity contribution in [2.45, 2.75) is 30.6 Å². The lowest BCUT2D eigenvalue weighted by Gasteiger charge is -2.26. The molecule has 1 fully saturated rings. The molecule has 1 aliphatic heterocycles. The number of amides is 2. The number of rotatable bonds is 4. The van der Waals surface area contributed by atoms with Crippen molar-refractivity contribution in [1.82, 2.24) is 10.2 Å². The van der Waals surface area contributed by atoms with Crippen LogP contribution in [-0.2, 0) is 4.79 Å². The normalized spacial score (nSPS) is 14.9. The first-order chi connectivity index (χ1) is 9.66. The van der Waals surface area contributed by atoms with Crippen LogP contribution in [0.3, 0.4) is 0 Å². The zero-order chi connectivity index (χ0) is 14.4. The third kappa shape index (κ3) is 4.27. The van der Waals surface area contributed by atoms with Gasteiger partial charge in [0, 0.05) is 36.5 Å². The summed E-state index contributed by atoms with van der Waals surface area (Å²) >= 11 is 4.20. The van der Waals surface area contributed by atoms with E-state index < -0.39 is 0 Å². The van der Waals surface area contributed by atoms with Crippen molar-refractivity contribution < 1.29 is 9.59 Å². The van der Waals surface area contributed by atoms with E-state index in [9.17, 15) is 9.59 Å². The van der Waals surface area contributed by atoms with Gasteiger partial charge in [0.25, 0.3) is 5.91 Å². The maximum absolute atomic E-state index is 11.9. The molecule has 1 aromatic carbocycles. The van der Waals surface area contributed by atoms with Crippen molar-refractivity contribution in [3.8, 4) is 0 Å². The lowest BCUT2D eigenvalue weighted by atomic mass is 10.1. The predicted molar refractivity (Wildman–Crippen MR) is 81.1 cm³/mol. The maximum Gasteiger partial charge on any atom is 0.251 e. The van der Waals surface area contributed by atoms with Gasteiger partial charge in [-0.25, -0.2) is 0 Å². The number of hydrogen-bond donors (Lipinski definition) is 2. The summed E-state index contributed by atoms with van der Waals surface area (Å²) in [5.74, 6) is -0.0275. The molecule has 1 aromatic rings. The van der Waals surface area contributed by atoms with Gasteiger partial charge in [-0.2, -0.15) is 0 Å². The molecular weight excluding hydrogens is 272 g/mol. The van der Waals surface area contributed by atoms with Crippen molar-refractivity contribution in [3.63, 3.8) is 0 Å². The van der Waals surface area contributed by atoms with E-state index in [1.807, 2.05) is 11.0 Å². The summed E-state index contributed by atoms with van der Waals surface area (Å²) in [4.78, 5) is 26.5. The van der Waals surface area contributed by atoms with Gasteiger partial charge in [0.2, 0.25) is 5.91 Å². The van der Waals surface area contributed by atoms with Crippen LogP contribution < -0.4 is 5.32 Å². The van der Waals surface area contributed by atoms with Gasteiger partial charge in [-0.1, -0.05) is 6.07 Å². The SMILES string of the molecule is O=C(NCCC(=O)N1CCCCC1)c1cccc(S)c1. The molecule has 1 saturated heterocycles. The number of benzene rings is 1. The Labute approximate surface area is 124 Å². The first-order valence-electron chi connectivity index (χ1n) is 7.02. The fraction of sp³-hybridized carbons (Fsp3) is 0.467. The Morgan fingerprint density at radius 3 is 2.65 bits per heavy atom. The van der Waals surface area contributed by atoms with Crippen LogP contribution in [0.1, 0.15) is 36.0 Å². The van der Waals surface area contributed by atoms with Crippen LogP contribution in [0.2, 0.25) is 0 Å². The van der Waals surface area contributed by atoms with Crippen LogP contribution in [0.4, 0.5) is 0 Å². The minimum absolute atomic E-state index is 0.132. The highest BCUT2D eigenvalue weighted by atomic mass is 32.1. The zero-order valence-electron chi connectivity index (χ0n) is 11.5. The van der Waals surface area contributed by atoms with E-state index in [4.69, 9.17) is 0 Å². The second kappa shape index (κ2) is 7.33. The first kappa shape index (κ1) is 14.9. The lowest BCUT2D eigenvalue weighted by molar-refractivity contribution is -0.131. The van der Waals surface area contributed by atoms with Crippen LogP contribution >= 0.6 is 12.6 Å². The molecule has 1 aliphatic rings. The van der Waals surface area contributed by atoms with Crippen LogP contribution in [-0.4, -0.2) is 36.3 Å². The minimum Gasteiger partial charge on any atom is -0.352 e. The molecule has 5 heteroatoms. The van der Waals surface area contributed by atoms with Gasteiger partial charge in [0.15, 0.2) is 0 Å². The first-order valence-corrected chi connectivity index (χ1v) is 7.46. The van der Waals surface area contributed by atoms with Gasteiger partial charge < -0.3 is 10.2 Å². The fourth-order valence-corrected chi connectivity index (χ4v) is 2.56. The molecule has 1 N–H and O–H groups in total. The molecule has 20 heavy (non-hydrogen) atoms. The van der Waals surface area contributed by atoms with Gasteiger partial charge in [0.05, 0.1) is 0 Å². The Morgan fingerprint density at radius 2 is 1.95 bits per heavy atom.